The molecular formula is C14H12BrClFNO3S. The van der Waals surface area contributed by atoms with E-state index in [4.69, 9.17) is 16.3 Å². The van der Waals surface area contributed by atoms with Gasteiger partial charge in [0.05, 0.1) is 17.3 Å². The molecule has 0 radical (unpaired) electrons. The van der Waals surface area contributed by atoms with Crippen molar-refractivity contribution in [2.24, 2.45) is 0 Å². The van der Waals surface area contributed by atoms with Crippen LogP contribution in [-0.4, -0.2) is 15.5 Å². The third-order valence-corrected chi connectivity index (χ3v) is 5.09. The number of rotatable bonds is 4. The fourth-order valence-electron chi connectivity index (χ4n) is 1.84. The summed E-state index contributed by atoms with van der Waals surface area (Å²) in [5.41, 5.74) is 0.739. The molecule has 1 N–H and O–H groups in total. The van der Waals surface area contributed by atoms with Crippen LogP contribution >= 0.6 is 27.5 Å². The fourth-order valence-corrected chi connectivity index (χ4v) is 4.35. The Morgan fingerprint density at radius 3 is 2.59 bits per heavy atom. The first-order valence-electron chi connectivity index (χ1n) is 6.06. The van der Waals surface area contributed by atoms with E-state index >= 15 is 0 Å². The number of hydrogen-bond acceptors (Lipinski definition) is 3. The van der Waals surface area contributed by atoms with E-state index in [0.717, 1.165) is 6.07 Å². The summed E-state index contributed by atoms with van der Waals surface area (Å²) in [6, 6.07) is 6.63. The van der Waals surface area contributed by atoms with E-state index in [-0.39, 0.29) is 21.4 Å². The normalized spacial score (nSPS) is 11.3. The third-order valence-electron chi connectivity index (χ3n) is 2.91. The molecule has 0 unspecified atom stereocenters. The number of halogens is 3. The molecule has 0 bridgehead atoms. The van der Waals surface area contributed by atoms with Gasteiger partial charge in [-0.25, -0.2) is 12.8 Å². The highest BCUT2D eigenvalue weighted by molar-refractivity contribution is 9.10. The second-order valence-electron chi connectivity index (χ2n) is 4.48. The van der Waals surface area contributed by atoms with Gasteiger partial charge in [-0.2, -0.15) is 0 Å². The van der Waals surface area contributed by atoms with Crippen molar-refractivity contribution in [1.82, 2.24) is 0 Å². The van der Waals surface area contributed by atoms with Gasteiger partial charge in [-0.3, -0.25) is 4.72 Å². The second-order valence-corrected chi connectivity index (χ2v) is 7.43. The topological polar surface area (TPSA) is 55.4 Å². The van der Waals surface area contributed by atoms with Crippen LogP contribution in [0.15, 0.2) is 39.7 Å². The van der Waals surface area contributed by atoms with Crippen LogP contribution in [0.25, 0.3) is 0 Å². The van der Waals surface area contributed by atoms with Crippen molar-refractivity contribution in [2.45, 2.75) is 11.8 Å². The molecule has 0 aliphatic rings. The molecule has 0 spiro atoms. The molecule has 2 aromatic carbocycles. The van der Waals surface area contributed by atoms with Crippen LogP contribution in [0, 0.1) is 12.7 Å². The number of aryl methyl sites for hydroxylation is 1. The van der Waals surface area contributed by atoms with Crippen molar-refractivity contribution in [1.29, 1.82) is 0 Å². The van der Waals surface area contributed by atoms with Gasteiger partial charge in [0.25, 0.3) is 10.0 Å². The molecule has 4 nitrogen and oxygen atoms in total. The Hall–Kier alpha value is -1.31. The van der Waals surface area contributed by atoms with Crippen LogP contribution in [0.2, 0.25) is 5.02 Å². The van der Waals surface area contributed by atoms with E-state index < -0.39 is 15.8 Å². The smallest absolute Gasteiger partial charge is 0.265 e. The lowest BCUT2D eigenvalue weighted by Crippen LogP contribution is -2.15. The zero-order chi connectivity index (χ0) is 16.5. The predicted octanol–water partition coefficient (Wildman–Crippen LogP) is 4.36. The predicted molar refractivity (Wildman–Crippen MR) is 87.6 cm³/mol. The van der Waals surface area contributed by atoms with Crippen LogP contribution in [0.5, 0.6) is 5.75 Å². The maximum absolute atomic E-state index is 13.3. The number of anilines is 1. The Bertz CT molecular complexity index is 827. The Morgan fingerprint density at radius 1 is 1.27 bits per heavy atom. The molecule has 118 valence electrons. The van der Waals surface area contributed by atoms with Crippen molar-refractivity contribution >= 4 is 43.2 Å². The first-order valence-corrected chi connectivity index (χ1v) is 8.72. The lowest BCUT2D eigenvalue weighted by molar-refractivity contribution is 0.400. The summed E-state index contributed by atoms with van der Waals surface area (Å²) in [6.07, 6.45) is 0. The summed E-state index contributed by atoms with van der Waals surface area (Å²) in [5.74, 6) is -0.423. The molecule has 0 saturated heterocycles. The van der Waals surface area contributed by atoms with Crippen LogP contribution in [0.4, 0.5) is 10.1 Å². The number of methoxy groups -OCH3 is 1. The first kappa shape index (κ1) is 17.1. The maximum atomic E-state index is 13.3. The molecular weight excluding hydrogens is 397 g/mol. The molecule has 22 heavy (non-hydrogen) atoms. The third kappa shape index (κ3) is 3.53. The van der Waals surface area contributed by atoms with Gasteiger partial charge in [-0.15, -0.1) is 0 Å². The lowest BCUT2D eigenvalue weighted by Gasteiger charge is -2.14. The quantitative estimate of drug-likeness (QED) is 0.818. The van der Waals surface area contributed by atoms with Gasteiger partial charge < -0.3 is 4.74 Å². The van der Waals surface area contributed by atoms with Crippen LogP contribution in [-0.2, 0) is 10.0 Å². The number of nitrogens with one attached hydrogen (secondary N) is 1. The average Bonchev–Trinajstić information content (AvgIpc) is 2.42. The van der Waals surface area contributed by atoms with Crippen molar-refractivity contribution in [3.05, 3.63) is 51.2 Å². The van der Waals surface area contributed by atoms with Crippen molar-refractivity contribution < 1.29 is 17.5 Å². The maximum Gasteiger partial charge on any atom is 0.265 e. The van der Waals surface area contributed by atoms with E-state index in [2.05, 4.69) is 20.7 Å². The van der Waals surface area contributed by atoms with Crippen LogP contribution in [0.3, 0.4) is 0 Å². The fraction of sp³-hybridized carbons (Fsp3) is 0.143. The Labute approximate surface area is 141 Å². The van der Waals surface area contributed by atoms with Crippen molar-refractivity contribution in [3.63, 3.8) is 0 Å². The van der Waals surface area contributed by atoms with Crippen molar-refractivity contribution in [3.8, 4) is 5.75 Å². The van der Waals surface area contributed by atoms with E-state index in [9.17, 15) is 12.8 Å². The zero-order valence-corrected chi connectivity index (χ0v) is 14.8. The minimum absolute atomic E-state index is 0.117. The monoisotopic (exact) mass is 407 g/mol. The minimum atomic E-state index is -4.00. The molecule has 8 heteroatoms. The molecule has 0 amide bonds. The molecule has 2 rings (SSSR count). The molecule has 2 aromatic rings. The van der Waals surface area contributed by atoms with E-state index in [1.165, 1.54) is 31.4 Å². The average molecular weight is 409 g/mol. The summed E-state index contributed by atoms with van der Waals surface area (Å²) in [5, 5.41) is 0.226. The number of hydrogen-bond donors (Lipinski definition) is 1. The molecule has 0 saturated carbocycles. The first-order chi connectivity index (χ1) is 10.2. The zero-order valence-electron chi connectivity index (χ0n) is 11.7. The summed E-state index contributed by atoms with van der Waals surface area (Å²) in [4.78, 5) is -0.141. The van der Waals surface area contributed by atoms with Gasteiger partial charge in [0.15, 0.2) is 5.75 Å². The largest absolute Gasteiger partial charge is 0.494 e. The molecule has 0 aromatic heterocycles. The summed E-state index contributed by atoms with van der Waals surface area (Å²) in [7, 11) is -2.65. The molecule has 0 fully saturated rings. The van der Waals surface area contributed by atoms with Crippen LogP contribution in [0.1, 0.15) is 5.56 Å². The standard InChI is InChI=1S/C14H12BrClFNO3S/c1-8-3-4-10(17)7-12(8)18-22(19,20)13-6-9(16)5-11(15)14(13)21-2/h3-7,18H,1-2H3. The summed E-state index contributed by atoms with van der Waals surface area (Å²) in [6.45, 7) is 1.67. The molecule has 0 heterocycles. The van der Waals surface area contributed by atoms with Gasteiger partial charge in [0, 0.05) is 5.02 Å². The Morgan fingerprint density at radius 2 is 1.95 bits per heavy atom. The number of ether oxygens (including phenoxy) is 1. The SMILES string of the molecule is COc1c(Br)cc(Cl)cc1S(=O)(=O)Nc1cc(F)ccc1C. The molecule has 0 aliphatic heterocycles. The minimum Gasteiger partial charge on any atom is -0.494 e. The van der Waals surface area contributed by atoms with E-state index in [1.54, 1.807) is 6.92 Å². The van der Waals surface area contributed by atoms with Gasteiger partial charge in [0.1, 0.15) is 10.7 Å². The van der Waals surface area contributed by atoms with Gasteiger partial charge in [0.2, 0.25) is 0 Å². The second kappa shape index (κ2) is 6.44. The van der Waals surface area contributed by atoms with Gasteiger partial charge in [-0.1, -0.05) is 17.7 Å². The van der Waals surface area contributed by atoms with Gasteiger partial charge in [-0.05, 0) is 52.7 Å². The highest BCUT2D eigenvalue weighted by Gasteiger charge is 2.23. The van der Waals surface area contributed by atoms with Crippen LogP contribution < -0.4 is 9.46 Å². The molecule has 0 aliphatic carbocycles. The summed E-state index contributed by atoms with van der Waals surface area (Å²) >= 11 is 9.11. The summed E-state index contributed by atoms with van der Waals surface area (Å²) < 4.78 is 46.3. The molecule has 0 atom stereocenters. The van der Waals surface area contributed by atoms with E-state index in [1.807, 2.05) is 0 Å². The highest BCUT2D eigenvalue weighted by atomic mass is 79.9. The van der Waals surface area contributed by atoms with Gasteiger partial charge >= 0.3 is 0 Å². The number of sulfonamides is 1. The van der Waals surface area contributed by atoms with E-state index in [0.29, 0.717) is 10.0 Å². The number of benzene rings is 2. The highest BCUT2D eigenvalue weighted by Crippen LogP contribution is 2.36. The van der Waals surface area contributed by atoms with Crippen molar-refractivity contribution in [2.75, 3.05) is 11.8 Å². The Kier molecular flexibility index (Phi) is 4.99. The lowest BCUT2D eigenvalue weighted by atomic mass is 10.2. The Balaban J connectivity index is 2.54.